The minimum absolute atomic E-state index is 0.00654. The van der Waals surface area contributed by atoms with Gasteiger partial charge in [-0.1, -0.05) is 70.9 Å². The monoisotopic (exact) mass is 551 g/mol. The van der Waals surface area contributed by atoms with Crippen molar-refractivity contribution >= 4 is 52.5 Å². The molecule has 0 fully saturated rings. The van der Waals surface area contributed by atoms with Gasteiger partial charge in [-0.2, -0.15) is 0 Å². The van der Waals surface area contributed by atoms with Crippen LogP contribution in [-0.2, 0) is 17.8 Å². The Morgan fingerprint density at radius 3 is 2.65 bits per heavy atom. The predicted molar refractivity (Wildman–Crippen MR) is 147 cm³/mol. The van der Waals surface area contributed by atoms with Gasteiger partial charge in [-0.3, -0.25) is 14.2 Å². The van der Waals surface area contributed by atoms with E-state index in [0.717, 1.165) is 17.7 Å². The van der Waals surface area contributed by atoms with Gasteiger partial charge in [0, 0.05) is 17.8 Å². The number of fused-ring (bicyclic) bond motifs is 1. The van der Waals surface area contributed by atoms with E-state index in [1.807, 2.05) is 54.3 Å². The molecule has 0 aliphatic carbocycles. The molecule has 0 saturated carbocycles. The Kier molecular flexibility index (Phi) is 7.50. The van der Waals surface area contributed by atoms with Gasteiger partial charge in [-0.25, -0.2) is 0 Å². The van der Waals surface area contributed by atoms with Crippen LogP contribution in [0.1, 0.15) is 27.3 Å². The smallest absolute Gasteiger partial charge is 0.251 e. The third kappa shape index (κ3) is 5.51. The molecule has 0 spiro atoms. The van der Waals surface area contributed by atoms with Gasteiger partial charge in [0.1, 0.15) is 0 Å². The average molecular weight is 552 g/mol. The number of nitrogens with zero attached hydrogens (tertiary/aromatic N) is 4. The Morgan fingerprint density at radius 1 is 1.00 bits per heavy atom. The molecule has 0 atom stereocenters. The van der Waals surface area contributed by atoms with E-state index in [1.165, 1.54) is 17.3 Å². The Hall–Kier alpha value is -3.33. The van der Waals surface area contributed by atoms with E-state index in [2.05, 4.69) is 15.5 Å². The lowest BCUT2D eigenvalue weighted by molar-refractivity contribution is -0.116. The number of anilines is 1. The molecule has 37 heavy (non-hydrogen) atoms. The zero-order chi connectivity index (χ0) is 25.9. The van der Waals surface area contributed by atoms with Crippen molar-refractivity contribution in [1.82, 2.24) is 20.1 Å². The standard InChI is InChI=1S/C27H23Cl2N5O2S/c1-17-5-4-7-19(13-17)26(36)30-15-24-31-32-27(34(24)20-9-10-21(28)22(29)14-20)37-16-25(35)33-12-11-18-6-2-3-8-23(18)33/h2-10,13-14H,11-12,15-16H2,1H3,(H,30,36). The molecule has 5 rings (SSSR count). The van der Waals surface area contributed by atoms with E-state index in [-0.39, 0.29) is 24.1 Å². The van der Waals surface area contributed by atoms with Crippen LogP contribution in [0.2, 0.25) is 10.0 Å². The molecular formula is C27H23Cl2N5O2S. The fourth-order valence-corrected chi connectivity index (χ4v) is 5.38. The van der Waals surface area contributed by atoms with Crippen molar-refractivity contribution in [2.75, 3.05) is 17.2 Å². The van der Waals surface area contributed by atoms with Crippen LogP contribution in [0.5, 0.6) is 0 Å². The summed E-state index contributed by atoms with van der Waals surface area (Å²) < 4.78 is 1.79. The van der Waals surface area contributed by atoms with Crippen LogP contribution >= 0.6 is 35.0 Å². The summed E-state index contributed by atoms with van der Waals surface area (Å²) in [6.07, 6.45) is 0.844. The Balaban J connectivity index is 1.37. The molecule has 0 saturated heterocycles. The van der Waals surface area contributed by atoms with Gasteiger partial charge in [0.05, 0.1) is 28.0 Å². The minimum atomic E-state index is -0.218. The first-order chi connectivity index (χ1) is 17.9. The molecule has 0 radical (unpaired) electrons. The highest BCUT2D eigenvalue weighted by Gasteiger charge is 2.25. The maximum absolute atomic E-state index is 13.1. The molecule has 2 amide bonds. The highest BCUT2D eigenvalue weighted by Crippen LogP contribution is 2.31. The van der Waals surface area contributed by atoms with Gasteiger partial charge >= 0.3 is 0 Å². The van der Waals surface area contributed by atoms with Crippen LogP contribution in [0, 0.1) is 6.92 Å². The van der Waals surface area contributed by atoms with Crippen LogP contribution < -0.4 is 10.2 Å². The van der Waals surface area contributed by atoms with E-state index < -0.39 is 0 Å². The fraction of sp³-hybridized carbons (Fsp3) is 0.185. The molecule has 1 N–H and O–H groups in total. The van der Waals surface area contributed by atoms with E-state index in [4.69, 9.17) is 23.2 Å². The van der Waals surface area contributed by atoms with Crippen LogP contribution in [0.15, 0.2) is 71.9 Å². The van der Waals surface area contributed by atoms with Crippen molar-refractivity contribution < 1.29 is 9.59 Å². The summed E-state index contributed by atoms with van der Waals surface area (Å²) in [5.41, 5.74) is 4.37. The third-order valence-electron chi connectivity index (χ3n) is 6.06. The van der Waals surface area contributed by atoms with Crippen molar-refractivity contribution in [3.8, 4) is 5.69 Å². The first-order valence-electron chi connectivity index (χ1n) is 11.7. The highest BCUT2D eigenvalue weighted by molar-refractivity contribution is 7.99. The number of aromatic nitrogens is 3. The molecular weight excluding hydrogens is 529 g/mol. The lowest BCUT2D eigenvalue weighted by atomic mass is 10.1. The zero-order valence-electron chi connectivity index (χ0n) is 19.9. The molecule has 1 aliphatic rings. The second kappa shape index (κ2) is 11.0. The summed E-state index contributed by atoms with van der Waals surface area (Å²) >= 11 is 13.7. The number of halogens is 2. The number of hydrogen-bond donors (Lipinski definition) is 1. The van der Waals surface area contributed by atoms with Gasteiger partial charge in [0.15, 0.2) is 11.0 Å². The van der Waals surface area contributed by atoms with E-state index in [1.54, 1.807) is 28.8 Å². The van der Waals surface area contributed by atoms with Crippen molar-refractivity contribution in [2.24, 2.45) is 0 Å². The summed E-state index contributed by atoms with van der Waals surface area (Å²) in [6, 6.07) is 20.5. The number of nitrogens with one attached hydrogen (secondary N) is 1. The molecule has 3 aromatic carbocycles. The molecule has 1 aromatic heterocycles. The van der Waals surface area contributed by atoms with Gasteiger partial charge in [0.2, 0.25) is 5.91 Å². The van der Waals surface area contributed by atoms with Crippen LogP contribution in [0.25, 0.3) is 5.69 Å². The molecule has 1 aliphatic heterocycles. The van der Waals surface area contributed by atoms with E-state index in [0.29, 0.717) is 38.8 Å². The summed E-state index contributed by atoms with van der Waals surface area (Å²) in [4.78, 5) is 27.6. The molecule has 0 bridgehead atoms. The number of rotatable bonds is 7. The largest absolute Gasteiger partial charge is 0.345 e. The highest BCUT2D eigenvalue weighted by atomic mass is 35.5. The van der Waals surface area contributed by atoms with Gasteiger partial charge in [0.25, 0.3) is 5.91 Å². The first-order valence-corrected chi connectivity index (χ1v) is 13.4. The van der Waals surface area contributed by atoms with Gasteiger partial charge in [-0.15, -0.1) is 10.2 Å². The number of carbonyl (C=O) groups is 2. The Morgan fingerprint density at radius 2 is 1.84 bits per heavy atom. The molecule has 0 unspecified atom stereocenters. The maximum atomic E-state index is 13.1. The van der Waals surface area contributed by atoms with Gasteiger partial charge < -0.3 is 10.2 Å². The topological polar surface area (TPSA) is 80.1 Å². The van der Waals surface area contributed by atoms with Crippen LogP contribution in [0.4, 0.5) is 5.69 Å². The number of aryl methyl sites for hydroxylation is 1. The number of para-hydroxylation sites is 1. The molecule has 2 heterocycles. The van der Waals surface area contributed by atoms with E-state index in [9.17, 15) is 9.59 Å². The SMILES string of the molecule is Cc1cccc(C(=O)NCc2nnc(SCC(=O)N3CCc4ccccc43)n2-c2ccc(Cl)c(Cl)c2)c1. The normalized spacial score (nSPS) is 12.5. The Bertz CT molecular complexity index is 1490. The van der Waals surface area contributed by atoms with Gasteiger partial charge in [-0.05, 0) is 55.3 Å². The lowest BCUT2D eigenvalue weighted by Crippen LogP contribution is -2.30. The molecule has 7 nitrogen and oxygen atoms in total. The summed E-state index contributed by atoms with van der Waals surface area (Å²) in [7, 11) is 0. The quantitative estimate of drug-likeness (QED) is 0.307. The van der Waals surface area contributed by atoms with Crippen LogP contribution in [0.3, 0.4) is 0 Å². The number of thioether (sulfide) groups is 1. The van der Waals surface area contributed by atoms with Crippen molar-refractivity contribution in [2.45, 2.75) is 25.0 Å². The predicted octanol–water partition coefficient (Wildman–Crippen LogP) is 5.49. The fourth-order valence-electron chi connectivity index (χ4n) is 4.24. The maximum Gasteiger partial charge on any atom is 0.251 e. The van der Waals surface area contributed by atoms with Crippen LogP contribution in [-0.4, -0.2) is 38.9 Å². The number of carbonyl (C=O) groups excluding carboxylic acids is 2. The third-order valence-corrected chi connectivity index (χ3v) is 7.71. The minimum Gasteiger partial charge on any atom is -0.345 e. The first kappa shape index (κ1) is 25.3. The number of amides is 2. The zero-order valence-corrected chi connectivity index (χ0v) is 22.3. The van der Waals surface area contributed by atoms with Crippen molar-refractivity contribution in [1.29, 1.82) is 0 Å². The average Bonchev–Trinajstić information content (AvgIpc) is 3.52. The van der Waals surface area contributed by atoms with Crippen molar-refractivity contribution in [3.05, 3.63) is 99.3 Å². The molecule has 4 aromatic rings. The van der Waals surface area contributed by atoms with Crippen molar-refractivity contribution in [3.63, 3.8) is 0 Å². The number of hydrogen-bond acceptors (Lipinski definition) is 5. The number of benzene rings is 3. The lowest BCUT2D eigenvalue weighted by Gasteiger charge is -2.17. The summed E-state index contributed by atoms with van der Waals surface area (Å²) in [6.45, 7) is 2.73. The summed E-state index contributed by atoms with van der Waals surface area (Å²) in [5.74, 6) is 0.460. The van der Waals surface area contributed by atoms with E-state index >= 15 is 0 Å². The second-order valence-electron chi connectivity index (χ2n) is 8.60. The second-order valence-corrected chi connectivity index (χ2v) is 10.4. The summed E-state index contributed by atoms with van der Waals surface area (Å²) in [5, 5.41) is 12.9. The molecule has 188 valence electrons. The molecule has 10 heteroatoms. The Labute approximate surface area is 228 Å².